The summed E-state index contributed by atoms with van der Waals surface area (Å²) in [6, 6.07) is 0. The standard InChI is InChI=1S/C28H30O11/c1-22-9-17-24(3)28-18(22)19(31)27(39-28,35-10-13(22)20(32)36-17)12-8-15(30)26-16(37-26)5-4-14(29)23(26,2)11(12)6-7-25(28,34)21(33)38-24/h4-5,11-13,15-18,30,34H,6-10H2,1-3H3/t11-,12+,13-,15-,16+,17+,18-,22+,23-,24-,25-,26+,27+,28-/m0/s1. The number of esters is 2. The molecule has 6 aliphatic heterocycles. The van der Waals surface area contributed by atoms with E-state index < -0.39 is 98.7 Å². The Morgan fingerprint density at radius 1 is 1.08 bits per heavy atom. The van der Waals surface area contributed by atoms with Gasteiger partial charge in [0.1, 0.15) is 17.8 Å². The van der Waals surface area contributed by atoms with Gasteiger partial charge in [0.05, 0.1) is 30.0 Å². The Bertz CT molecular complexity index is 1370. The topological polar surface area (TPSA) is 158 Å². The zero-order valence-electron chi connectivity index (χ0n) is 21.8. The van der Waals surface area contributed by atoms with Gasteiger partial charge < -0.3 is 33.9 Å². The number of rotatable bonds is 0. The van der Waals surface area contributed by atoms with Crippen LogP contribution in [0, 0.1) is 34.5 Å². The normalized spacial score (nSPS) is 64.7. The summed E-state index contributed by atoms with van der Waals surface area (Å²) in [6.07, 6.45) is 0.918. The molecule has 5 bridgehead atoms. The Kier molecular flexibility index (Phi) is 3.64. The minimum absolute atomic E-state index is 0.0472. The van der Waals surface area contributed by atoms with Crippen LogP contribution in [0.3, 0.4) is 0 Å². The fourth-order valence-electron chi connectivity index (χ4n) is 11.0. The number of hydrogen-bond donors (Lipinski definition) is 2. The van der Waals surface area contributed by atoms with Gasteiger partial charge in [-0.2, -0.15) is 0 Å². The van der Waals surface area contributed by atoms with Crippen LogP contribution in [0.15, 0.2) is 12.2 Å². The van der Waals surface area contributed by atoms with E-state index >= 15 is 0 Å². The first-order valence-corrected chi connectivity index (χ1v) is 13.9. The summed E-state index contributed by atoms with van der Waals surface area (Å²) >= 11 is 0. The average Bonchev–Trinajstić information content (AvgIpc) is 3.52. The van der Waals surface area contributed by atoms with E-state index in [-0.39, 0.29) is 38.1 Å². The first kappa shape index (κ1) is 23.5. The Hall–Kier alpha value is -2.18. The molecule has 39 heavy (non-hydrogen) atoms. The van der Waals surface area contributed by atoms with Crippen LogP contribution >= 0.6 is 0 Å². The van der Waals surface area contributed by atoms with Crippen molar-refractivity contribution in [2.45, 2.75) is 93.0 Å². The van der Waals surface area contributed by atoms with Crippen LogP contribution in [0.2, 0.25) is 0 Å². The van der Waals surface area contributed by atoms with Gasteiger partial charge in [0.2, 0.25) is 5.79 Å². The maximum Gasteiger partial charge on any atom is 0.342 e. The van der Waals surface area contributed by atoms with Crippen LogP contribution in [0.4, 0.5) is 0 Å². The molecule has 3 aliphatic carbocycles. The highest BCUT2D eigenvalue weighted by Crippen LogP contribution is 2.76. The van der Waals surface area contributed by atoms with Gasteiger partial charge in [-0.1, -0.05) is 6.92 Å². The molecule has 208 valence electrons. The Morgan fingerprint density at radius 2 is 1.85 bits per heavy atom. The first-order valence-electron chi connectivity index (χ1n) is 13.9. The molecule has 2 N–H and O–H groups in total. The van der Waals surface area contributed by atoms with E-state index in [4.69, 9.17) is 23.7 Å². The smallest absolute Gasteiger partial charge is 0.342 e. The number of epoxide rings is 1. The average molecular weight is 543 g/mol. The monoisotopic (exact) mass is 542 g/mol. The molecule has 11 heteroatoms. The highest BCUT2D eigenvalue weighted by molar-refractivity contribution is 6.01. The number of aliphatic hydroxyl groups excluding tert-OH is 1. The molecule has 0 radical (unpaired) electrons. The van der Waals surface area contributed by atoms with Crippen LogP contribution in [0.1, 0.15) is 46.5 Å². The summed E-state index contributed by atoms with van der Waals surface area (Å²) in [7, 11) is 0. The molecule has 9 aliphatic rings. The van der Waals surface area contributed by atoms with E-state index in [2.05, 4.69) is 0 Å². The van der Waals surface area contributed by atoms with Gasteiger partial charge in [-0.3, -0.25) is 14.4 Å². The van der Waals surface area contributed by atoms with Gasteiger partial charge in [-0.05, 0) is 63.0 Å². The summed E-state index contributed by atoms with van der Waals surface area (Å²) in [4.78, 5) is 55.7. The summed E-state index contributed by atoms with van der Waals surface area (Å²) in [5.74, 6) is -7.64. The Labute approximate surface area is 223 Å². The molecule has 3 spiro atoms. The van der Waals surface area contributed by atoms with E-state index in [1.165, 1.54) is 6.08 Å². The maximum absolute atomic E-state index is 14.9. The predicted molar refractivity (Wildman–Crippen MR) is 123 cm³/mol. The first-order chi connectivity index (χ1) is 18.3. The lowest BCUT2D eigenvalue weighted by Gasteiger charge is -2.63. The lowest BCUT2D eigenvalue weighted by molar-refractivity contribution is -0.378. The van der Waals surface area contributed by atoms with Crippen molar-refractivity contribution in [3.63, 3.8) is 0 Å². The second kappa shape index (κ2) is 6.04. The van der Waals surface area contributed by atoms with Crippen molar-refractivity contribution in [3.05, 3.63) is 12.2 Å². The molecular weight excluding hydrogens is 512 g/mol. The molecule has 2 saturated carbocycles. The van der Waals surface area contributed by atoms with Crippen LogP contribution in [-0.4, -0.2) is 86.8 Å². The summed E-state index contributed by atoms with van der Waals surface area (Å²) in [6.45, 7) is 4.95. The molecule has 0 unspecified atom stereocenters. The summed E-state index contributed by atoms with van der Waals surface area (Å²) in [5.41, 5.74) is -9.28. The second-order valence-corrected chi connectivity index (χ2v) is 13.9. The van der Waals surface area contributed by atoms with Crippen LogP contribution < -0.4 is 0 Å². The largest absolute Gasteiger partial charge is 0.458 e. The predicted octanol–water partition coefficient (Wildman–Crippen LogP) is -0.261. The molecule has 0 aromatic carbocycles. The number of allylic oxidation sites excluding steroid dienone is 1. The molecule has 9 rings (SSSR count). The van der Waals surface area contributed by atoms with Crippen molar-refractivity contribution in [1.82, 2.24) is 0 Å². The second-order valence-electron chi connectivity index (χ2n) is 13.9. The molecule has 14 atom stereocenters. The van der Waals surface area contributed by atoms with Crippen LogP contribution in [-0.2, 0) is 42.9 Å². The number of carbonyl (C=O) groups excluding carboxylic acids is 4. The van der Waals surface area contributed by atoms with E-state index in [9.17, 15) is 29.4 Å². The molecule has 6 heterocycles. The van der Waals surface area contributed by atoms with Crippen LogP contribution in [0.5, 0.6) is 0 Å². The third kappa shape index (κ3) is 1.90. The van der Waals surface area contributed by atoms with Crippen molar-refractivity contribution in [2.24, 2.45) is 34.5 Å². The third-order valence-corrected chi connectivity index (χ3v) is 13.0. The van der Waals surface area contributed by atoms with E-state index in [0.717, 1.165) is 0 Å². The summed E-state index contributed by atoms with van der Waals surface area (Å²) < 4.78 is 31.1. The molecule has 6 saturated heterocycles. The number of aliphatic hydroxyl groups is 2. The van der Waals surface area contributed by atoms with E-state index in [1.54, 1.807) is 19.9 Å². The van der Waals surface area contributed by atoms with Crippen molar-refractivity contribution < 1.29 is 53.1 Å². The van der Waals surface area contributed by atoms with Gasteiger partial charge >= 0.3 is 11.9 Å². The van der Waals surface area contributed by atoms with Gasteiger partial charge in [0, 0.05) is 5.92 Å². The molecule has 0 aromatic rings. The van der Waals surface area contributed by atoms with Gasteiger partial charge in [0.25, 0.3) is 0 Å². The fourth-order valence-corrected chi connectivity index (χ4v) is 11.0. The summed E-state index contributed by atoms with van der Waals surface area (Å²) in [5, 5.41) is 24.0. The van der Waals surface area contributed by atoms with E-state index in [0.29, 0.717) is 0 Å². The molecular formula is C28H30O11. The lowest BCUT2D eigenvalue weighted by atomic mass is 9.46. The highest BCUT2D eigenvalue weighted by Gasteiger charge is 2.94. The Balaban J connectivity index is 1.34. The third-order valence-electron chi connectivity index (χ3n) is 13.0. The van der Waals surface area contributed by atoms with Crippen molar-refractivity contribution in [2.75, 3.05) is 6.61 Å². The molecule has 0 aromatic heterocycles. The molecule has 8 fully saturated rings. The minimum Gasteiger partial charge on any atom is -0.458 e. The SMILES string of the molecule is C[C@@]12C[C@H]3OC(=O)[C@@H]1CO[C@]14O[C@@]5([C@H]2C1=O)[C@@]3(C)OC(=O)[C@@]5(O)CC[C@H]1[C@H]4C[C@H](O)[C@@]23O[C@@H]2C=CC(=O)[C@]13C. The number of hydrogen-bond acceptors (Lipinski definition) is 11. The number of Topliss-reactive ketones (excluding diaryl/α,β-unsaturated/α-hetero) is 1. The zero-order chi connectivity index (χ0) is 27.3. The van der Waals surface area contributed by atoms with Gasteiger partial charge in [0.15, 0.2) is 28.4 Å². The number of ether oxygens (including phenoxy) is 5. The number of ketones is 2. The van der Waals surface area contributed by atoms with Gasteiger partial charge in [-0.25, -0.2) is 4.79 Å². The highest BCUT2D eigenvalue weighted by atomic mass is 16.8. The molecule has 11 nitrogen and oxygen atoms in total. The number of carbonyl (C=O) groups is 4. The van der Waals surface area contributed by atoms with Crippen LogP contribution in [0.25, 0.3) is 0 Å². The Morgan fingerprint density at radius 3 is 2.62 bits per heavy atom. The maximum atomic E-state index is 14.9. The molecule has 0 amide bonds. The number of fused-ring (bicyclic) bond motifs is 4. The quantitative estimate of drug-likeness (QED) is 0.307. The lowest BCUT2D eigenvalue weighted by Crippen LogP contribution is -2.79. The zero-order valence-corrected chi connectivity index (χ0v) is 21.8. The van der Waals surface area contributed by atoms with Crippen molar-refractivity contribution >= 4 is 23.5 Å². The minimum atomic E-state index is -2.26. The van der Waals surface area contributed by atoms with Gasteiger partial charge in [-0.15, -0.1) is 0 Å². The van der Waals surface area contributed by atoms with Crippen molar-refractivity contribution in [1.29, 1.82) is 0 Å². The van der Waals surface area contributed by atoms with E-state index in [1.807, 2.05) is 6.92 Å². The van der Waals surface area contributed by atoms with Crippen molar-refractivity contribution in [3.8, 4) is 0 Å². The fraction of sp³-hybridized carbons (Fsp3) is 0.786.